The van der Waals surface area contributed by atoms with E-state index in [-0.39, 0.29) is 24.9 Å². The molecule has 0 saturated heterocycles. The molecule has 0 spiro atoms. The Labute approximate surface area is 199 Å². The Morgan fingerprint density at radius 1 is 1.25 bits per heavy atom. The maximum atomic E-state index is 12.4. The first-order valence-electron chi connectivity index (χ1n) is 9.76. The maximum Gasteiger partial charge on any atom is 0.341 e. The van der Waals surface area contributed by atoms with Crippen LogP contribution in [0.5, 0.6) is 5.75 Å². The van der Waals surface area contributed by atoms with Gasteiger partial charge in [-0.3, -0.25) is 4.79 Å². The largest absolute Gasteiger partial charge is 0.486 e. The van der Waals surface area contributed by atoms with Crippen LogP contribution < -0.4 is 10.1 Å². The number of benzene rings is 1. The molecule has 0 fully saturated rings. The van der Waals surface area contributed by atoms with Gasteiger partial charge in [0.1, 0.15) is 17.4 Å². The van der Waals surface area contributed by atoms with E-state index in [1.165, 1.54) is 23.1 Å². The summed E-state index contributed by atoms with van der Waals surface area (Å²) in [6.07, 6.45) is 0. The van der Waals surface area contributed by atoms with Gasteiger partial charge in [-0.2, -0.15) is 0 Å². The first-order valence-corrected chi connectivity index (χ1v) is 11.9. The lowest BCUT2D eigenvalue weighted by atomic mass is 10.2. The van der Waals surface area contributed by atoms with E-state index in [4.69, 9.17) is 21.1 Å². The Morgan fingerprint density at radius 3 is 2.75 bits per heavy atom. The number of nitrogens with zero attached hydrogens (tertiary/aromatic N) is 3. The molecule has 0 atom stereocenters. The molecule has 0 aliphatic carbocycles. The Hall–Kier alpha value is -2.56. The van der Waals surface area contributed by atoms with Crippen LogP contribution in [0.15, 0.2) is 29.4 Å². The van der Waals surface area contributed by atoms with Crippen molar-refractivity contribution in [3.05, 3.63) is 51.1 Å². The number of hydrogen-bond acceptors (Lipinski definition) is 8. The van der Waals surface area contributed by atoms with Crippen molar-refractivity contribution < 1.29 is 19.1 Å². The molecule has 8 nitrogen and oxygen atoms in total. The number of halogens is 1. The van der Waals surface area contributed by atoms with Gasteiger partial charge in [0.25, 0.3) is 0 Å². The Bertz CT molecular complexity index is 1130. The second-order valence-electron chi connectivity index (χ2n) is 6.81. The summed E-state index contributed by atoms with van der Waals surface area (Å²) < 4.78 is 12.6. The fraction of sp³-hybridized carbons (Fsp3) is 0.333. The normalized spacial score (nSPS) is 10.8. The topological polar surface area (TPSA) is 95.3 Å². The molecular formula is C21H23ClN4O4S2. The number of esters is 1. The minimum atomic E-state index is -0.450. The molecule has 3 aromatic rings. The molecule has 0 aliphatic heterocycles. The molecule has 1 aromatic carbocycles. The molecule has 0 saturated carbocycles. The van der Waals surface area contributed by atoms with Crippen LogP contribution in [0.1, 0.15) is 33.5 Å². The summed E-state index contributed by atoms with van der Waals surface area (Å²) in [5, 5.41) is 12.8. The van der Waals surface area contributed by atoms with Crippen LogP contribution in [0.25, 0.3) is 0 Å². The Balaban J connectivity index is 1.56. The zero-order valence-corrected chi connectivity index (χ0v) is 20.5. The van der Waals surface area contributed by atoms with Gasteiger partial charge in [0.2, 0.25) is 5.91 Å². The van der Waals surface area contributed by atoms with Gasteiger partial charge in [-0.05, 0) is 50.6 Å². The highest BCUT2D eigenvalue weighted by molar-refractivity contribution is 7.99. The molecule has 1 N–H and O–H groups in total. The number of hydrogen-bond donors (Lipinski definition) is 1. The number of rotatable bonds is 9. The zero-order chi connectivity index (χ0) is 23.3. The summed E-state index contributed by atoms with van der Waals surface area (Å²) in [6.45, 7) is 6.01. The molecular weight excluding hydrogens is 472 g/mol. The molecule has 1 amide bonds. The summed E-state index contributed by atoms with van der Waals surface area (Å²) in [6, 6.07) is 7.14. The van der Waals surface area contributed by atoms with E-state index in [0.717, 1.165) is 10.4 Å². The van der Waals surface area contributed by atoms with Gasteiger partial charge >= 0.3 is 5.97 Å². The third kappa shape index (κ3) is 6.02. The molecule has 0 aliphatic rings. The standard InChI is InChI=1S/C21H23ClN4O4S2/c1-5-29-20(28)15-9-13(3)32-19(15)23-18(27)11-31-21-25-24-17(26(21)4)10-30-14-6-7-16(22)12(2)8-14/h6-9H,5,10-11H2,1-4H3,(H,23,27). The lowest BCUT2D eigenvalue weighted by Crippen LogP contribution is -2.16. The van der Waals surface area contributed by atoms with Crippen molar-refractivity contribution >= 4 is 51.6 Å². The summed E-state index contributed by atoms with van der Waals surface area (Å²) in [7, 11) is 1.81. The zero-order valence-electron chi connectivity index (χ0n) is 18.1. The molecule has 0 bridgehead atoms. The highest BCUT2D eigenvalue weighted by atomic mass is 35.5. The quantitative estimate of drug-likeness (QED) is 0.342. The van der Waals surface area contributed by atoms with Crippen LogP contribution in [-0.2, 0) is 23.2 Å². The summed E-state index contributed by atoms with van der Waals surface area (Å²) in [5.74, 6) is 0.724. The van der Waals surface area contributed by atoms with Crippen LogP contribution in [0, 0.1) is 13.8 Å². The van der Waals surface area contributed by atoms with Crippen molar-refractivity contribution in [3.63, 3.8) is 0 Å². The number of thiophene rings is 1. The number of amides is 1. The third-order valence-corrected chi connectivity index (χ3v) is 6.77. The third-order valence-electron chi connectivity index (χ3n) is 4.36. The predicted molar refractivity (Wildman–Crippen MR) is 126 cm³/mol. The number of ether oxygens (including phenoxy) is 2. The van der Waals surface area contributed by atoms with Gasteiger partial charge in [0.05, 0.1) is 17.9 Å². The van der Waals surface area contributed by atoms with Crippen LogP contribution in [-0.4, -0.2) is 39.0 Å². The van der Waals surface area contributed by atoms with Crippen molar-refractivity contribution in [1.29, 1.82) is 0 Å². The summed E-state index contributed by atoms with van der Waals surface area (Å²) >= 11 is 8.61. The minimum absolute atomic E-state index is 0.114. The molecule has 11 heteroatoms. The molecule has 2 heterocycles. The van der Waals surface area contributed by atoms with Crippen molar-refractivity contribution in [2.75, 3.05) is 17.7 Å². The molecule has 32 heavy (non-hydrogen) atoms. The second kappa shape index (κ2) is 10.8. The number of anilines is 1. The molecule has 170 valence electrons. The summed E-state index contributed by atoms with van der Waals surface area (Å²) in [4.78, 5) is 25.4. The lowest BCUT2D eigenvalue weighted by Gasteiger charge is -2.08. The maximum absolute atomic E-state index is 12.4. The van der Waals surface area contributed by atoms with E-state index in [1.807, 2.05) is 27.0 Å². The van der Waals surface area contributed by atoms with E-state index >= 15 is 0 Å². The van der Waals surface area contributed by atoms with Crippen molar-refractivity contribution in [3.8, 4) is 5.75 Å². The van der Waals surface area contributed by atoms with Crippen LogP contribution in [0.3, 0.4) is 0 Å². The van der Waals surface area contributed by atoms with Crippen LogP contribution >= 0.6 is 34.7 Å². The van der Waals surface area contributed by atoms with Gasteiger partial charge in [-0.1, -0.05) is 23.4 Å². The lowest BCUT2D eigenvalue weighted by molar-refractivity contribution is -0.113. The minimum Gasteiger partial charge on any atom is -0.486 e. The van der Waals surface area contributed by atoms with Crippen molar-refractivity contribution in [2.45, 2.75) is 32.5 Å². The van der Waals surface area contributed by atoms with Gasteiger partial charge in [0, 0.05) is 16.9 Å². The highest BCUT2D eigenvalue weighted by Gasteiger charge is 2.19. The number of nitrogens with one attached hydrogen (secondary N) is 1. The fourth-order valence-corrected chi connectivity index (χ4v) is 4.47. The predicted octanol–water partition coefficient (Wildman–Crippen LogP) is 4.63. The number of aromatic nitrogens is 3. The average molecular weight is 495 g/mol. The summed E-state index contributed by atoms with van der Waals surface area (Å²) in [5.41, 5.74) is 1.29. The number of aryl methyl sites for hydroxylation is 2. The van der Waals surface area contributed by atoms with E-state index < -0.39 is 5.97 Å². The molecule has 0 radical (unpaired) electrons. The Kier molecular flexibility index (Phi) is 8.16. The van der Waals surface area contributed by atoms with Gasteiger partial charge in [0.15, 0.2) is 11.0 Å². The van der Waals surface area contributed by atoms with Crippen LogP contribution in [0.4, 0.5) is 5.00 Å². The van der Waals surface area contributed by atoms with Crippen molar-refractivity contribution in [1.82, 2.24) is 14.8 Å². The smallest absolute Gasteiger partial charge is 0.341 e. The van der Waals surface area contributed by atoms with Gasteiger partial charge in [-0.25, -0.2) is 4.79 Å². The monoisotopic (exact) mass is 494 g/mol. The van der Waals surface area contributed by atoms with E-state index in [0.29, 0.717) is 32.3 Å². The first-order chi connectivity index (χ1) is 15.3. The van der Waals surface area contributed by atoms with E-state index in [9.17, 15) is 9.59 Å². The average Bonchev–Trinajstić information content (AvgIpc) is 3.29. The molecule has 0 unspecified atom stereocenters. The SMILES string of the molecule is CCOC(=O)c1cc(C)sc1NC(=O)CSc1nnc(COc2ccc(Cl)c(C)c2)n1C. The first kappa shape index (κ1) is 24.1. The number of carbonyl (C=O) groups excluding carboxylic acids is 2. The molecule has 2 aromatic heterocycles. The van der Waals surface area contributed by atoms with E-state index in [1.54, 1.807) is 29.7 Å². The van der Waals surface area contributed by atoms with Gasteiger partial charge in [-0.15, -0.1) is 21.5 Å². The van der Waals surface area contributed by atoms with Gasteiger partial charge < -0.3 is 19.4 Å². The Morgan fingerprint density at radius 2 is 2.03 bits per heavy atom. The highest BCUT2D eigenvalue weighted by Crippen LogP contribution is 2.29. The van der Waals surface area contributed by atoms with Crippen LogP contribution in [0.2, 0.25) is 5.02 Å². The number of thioether (sulfide) groups is 1. The fourth-order valence-electron chi connectivity index (χ4n) is 2.71. The van der Waals surface area contributed by atoms with E-state index in [2.05, 4.69) is 15.5 Å². The second-order valence-corrected chi connectivity index (χ2v) is 9.42. The molecule has 3 rings (SSSR count). The number of carbonyl (C=O) groups is 2. The van der Waals surface area contributed by atoms with Crippen molar-refractivity contribution in [2.24, 2.45) is 7.05 Å².